The van der Waals surface area contributed by atoms with Crippen molar-refractivity contribution in [3.8, 4) is 0 Å². The van der Waals surface area contributed by atoms with E-state index in [1.807, 2.05) is 18.2 Å². The van der Waals surface area contributed by atoms with Crippen molar-refractivity contribution in [3.63, 3.8) is 0 Å². The largest absolute Gasteiger partial charge is 0.344 e. The van der Waals surface area contributed by atoms with Gasteiger partial charge >= 0.3 is 5.69 Å². The Bertz CT molecular complexity index is 677. The van der Waals surface area contributed by atoms with Crippen molar-refractivity contribution >= 4 is 23.4 Å². The van der Waals surface area contributed by atoms with Crippen LogP contribution in [0.25, 0.3) is 0 Å². The highest BCUT2D eigenvalue weighted by atomic mass is 35.5. The van der Waals surface area contributed by atoms with E-state index in [-0.39, 0.29) is 5.69 Å². The van der Waals surface area contributed by atoms with Crippen LogP contribution in [0, 0.1) is 0 Å². The quantitative estimate of drug-likeness (QED) is 0.887. The molecule has 0 radical (unpaired) electrons. The fourth-order valence-electron chi connectivity index (χ4n) is 2.06. The molecule has 0 saturated heterocycles. The maximum Gasteiger partial charge on any atom is 0.344 e. The average molecular weight is 311 g/mol. The lowest BCUT2D eigenvalue weighted by Gasteiger charge is -2.07. The summed E-state index contributed by atoms with van der Waals surface area (Å²) in [5.41, 5.74) is 6.50. The number of hydrogen-bond donors (Lipinski definition) is 2. The Morgan fingerprint density at radius 3 is 2.95 bits per heavy atom. The summed E-state index contributed by atoms with van der Waals surface area (Å²) in [6, 6.07) is 6.17. The van der Waals surface area contributed by atoms with Gasteiger partial charge in [0.15, 0.2) is 5.16 Å². The van der Waals surface area contributed by atoms with Crippen molar-refractivity contribution in [3.05, 3.63) is 39.3 Å². The van der Waals surface area contributed by atoms with E-state index in [1.54, 1.807) is 4.57 Å². The average Bonchev–Trinajstić information content (AvgIpc) is 3.18. The maximum absolute atomic E-state index is 11.7. The SMILES string of the molecule is NCCc1ccc(Sc2n[nH]c(=O)n2C2CC2)c(Cl)c1. The zero-order valence-electron chi connectivity index (χ0n) is 10.8. The van der Waals surface area contributed by atoms with Gasteiger partial charge in [-0.25, -0.2) is 9.89 Å². The lowest BCUT2D eigenvalue weighted by atomic mass is 10.1. The Labute approximate surface area is 125 Å². The fourth-order valence-corrected chi connectivity index (χ4v) is 3.29. The van der Waals surface area contributed by atoms with Crippen LogP contribution >= 0.6 is 23.4 Å². The van der Waals surface area contributed by atoms with E-state index in [9.17, 15) is 4.79 Å². The summed E-state index contributed by atoms with van der Waals surface area (Å²) in [5.74, 6) is 0. The molecule has 3 rings (SSSR count). The number of nitrogens with two attached hydrogens (primary N) is 1. The predicted molar refractivity (Wildman–Crippen MR) is 79.5 cm³/mol. The fraction of sp³-hybridized carbons (Fsp3) is 0.385. The van der Waals surface area contributed by atoms with Gasteiger partial charge in [-0.2, -0.15) is 0 Å². The van der Waals surface area contributed by atoms with Gasteiger partial charge in [0.25, 0.3) is 0 Å². The van der Waals surface area contributed by atoms with Crippen molar-refractivity contribution in [2.45, 2.75) is 35.4 Å². The molecule has 1 aromatic heterocycles. The molecular weight excluding hydrogens is 296 g/mol. The minimum atomic E-state index is -0.147. The zero-order chi connectivity index (χ0) is 14.1. The lowest BCUT2D eigenvalue weighted by Crippen LogP contribution is -2.16. The number of hydrogen-bond acceptors (Lipinski definition) is 4. The number of halogens is 1. The second kappa shape index (κ2) is 5.63. The second-order valence-corrected chi connectivity index (χ2v) is 6.23. The molecule has 1 fully saturated rings. The van der Waals surface area contributed by atoms with Crippen molar-refractivity contribution in [1.82, 2.24) is 14.8 Å². The molecule has 0 atom stereocenters. The highest BCUT2D eigenvalue weighted by Crippen LogP contribution is 2.39. The van der Waals surface area contributed by atoms with Gasteiger partial charge in [-0.3, -0.25) is 4.57 Å². The number of aromatic amines is 1. The Balaban J connectivity index is 1.86. The number of benzene rings is 1. The van der Waals surface area contributed by atoms with Crippen LogP contribution in [0.3, 0.4) is 0 Å². The second-order valence-electron chi connectivity index (χ2n) is 4.82. The molecule has 2 aromatic rings. The van der Waals surface area contributed by atoms with Crippen LogP contribution in [0.5, 0.6) is 0 Å². The minimum absolute atomic E-state index is 0.147. The summed E-state index contributed by atoms with van der Waals surface area (Å²) < 4.78 is 1.72. The minimum Gasteiger partial charge on any atom is -0.330 e. The van der Waals surface area contributed by atoms with Gasteiger partial charge in [-0.1, -0.05) is 17.7 Å². The van der Waals surface area contributed by atoms with E-state index < -0.39 is 0 Å². The number of rotatable bonds is 5. The molecule has 7 heteroatoms. The first-order chi connectivity index (χ1) is 9.69. The van der Waals surface area contributed by atoms with Gasteiger partial charge in [-0.15, -0.1) is 5.10 Å². The van der Waals surface area contributed by atoms with Crippen molar-refractivity contribution in [2.24, 2.45) is 5.73 Å². The zero-order valence-corrected chi connectivity index (χ0v) is 12.4. The highest BCUT2D eigenvalue weighted by Gasteiger charge is 2.28. The Kier molecular flexibility index (Phi) is 3.87. The molecule has 1 saturated carbocycles. The van der Waals surface area contributed by atoms with Gasteiger partial charge in [-0.05, 0) is 55.3 Å². The molecule has 1 heterocycles. The molecule has 106 valence electrons. The van der Waals surface area contributed by atoms with Crippen LogP contribution in [0.4, 0.5) is 0 Å². The van der Waals surface area contributed by atoms with Crippen molar-refractivity contribution in [2.75, 3.05) is 6.54 Å². The molecule has 5 nitrogen and oxygen atoms in total. The monoisotopic (exact) mass is 310 g/mol. The first-order valence-electron chi connectivity index (χ1n) is 6.52. The van der Waals surface area contributed by atoms with Crippen LogP contribution in [0.15, 0.2) is 33.0 Å². The molecule has 0 spiro atoms. The molecule has 0 bridgehead atoms. The topological polar surface area (TPSA) is 76.7 Å². The normalized spacial score (nSPS) is 14.7. The molecule has 3 N–H and O–H groups in total. The Hall–Kier alpha value is -1.24. The van der Waals surface area contributed by atoms with E-state index in [1.165, 1.54) is 11.8 Å². The lowest BCUT2D eigenvalue weighted by molar-refractivity contribution is 0.642. The van der Waals surface area contributed by atoms with E-state index in [0.717, 1.165) is 29.7 Å². The van der Waals surface area contributed by atoms with Crippen LogP contribution < -0.4 is 11.4 Å². The molecule has 0 amide bonds. The summed E-state index contributed by atoms with van der Waals surface area (Å²) in [4.78, 5) is 12.6. The van der Waals surface area contributed by atoms with Gasteiger partial charge in [0.2, 0.25) is 0 Å². The number of nitrogens with one attached hydrogen (secondary N) is 1. The number of aromatic nitrogens is 3. The molecule has 1 aromatic carbocycles. The van der Waals surface area contributed by atoms with Gasteiger partial charge < -0.3 is 5.73 Å². The standard InChI is InChI=1S/C13H15ClN4OS/c14-10-7-8(5-6-15)1-4-11(10)20-13-17-16-12(19)18(13)9-2-3-9/h1,4,7,9H,2-3,5-6,15H2,(H,16,19). The van der Waals surface area contributed by atoms with Crippen LogP contribution in [0.1, 0.15) is 24.4 Å². The molecule has 1 aliphatic carbocycles. The third kappa shape index (κ3) is 2.77. The maximum atomic E-state index is 11.7. The van der Waals surface area contributed by atoms with Crippen molar-refractivity contribution < 1.29 is 0 Å². The molecular formula is C13H15ClN4OS. The van der Waals surface area contributed by atoms with E-state index >= 15 is 0 Å². The van der Waals surface area contributed by atoms with E-state index in [4.69, 9.17) is 17.3 Å². The van der Waals surface area contributed by atoms with Crippen LogP contribution in [0.2, 0.25) is 5.02 Å². The smallest absolute Gasteiger partial charge is 0.330 e. The van der Waals surface area contributed by atoms with Gasteiger partial charge in [0.1, 0.15) is 0 Å². The molecule has 0 unspecified atom stereocenters. The van der Waals surface area contributed by atoms with Gasteiger partial charge in [0, 0.05) is 10.9 Å². The summed E-state index contributed by atoms with van der Waals surface area (Å²) in [6.45, 7) is 0.601. The van der Waals surface area contributed by atoms with E-state index in [0.29, 0.717) is 22.8 Å². The first-order valence-corrected chi connectivity index (χ1v) is 7.71. The summed E-state index contributed by atoms with van der Waals surface area (Å²) >= 11 is 7.70. The Morgan fingerprint density at radius 1 is 1.50 bits per heavy atom. The molecule has 20 heavy (non-hydrogen) atoms. The molecule has 1 aliphatic rings. The predicted octanol–water partition coefficient (Wildman–Crippen LogP) is 2.21. The van der Waals surface area contributed by atoms with Crippen LogP contribution in [-0.2, 0) is 6.42 Å². The molecule has 0 aliphatic heterocycles. The first kappa shape index (κ1) is 13.7. The summed E-state index contributed by atoms with van der Waals surface area (Å²) in [5, 5.41) is 7.93. The highest BCUT2D eigenvalue weighted by molar-refractivity contribution is 7.99. The van der Waals surface area contributed by atoms with E-state index in [2.05, 4.69) is 10.2 Å². The summed E-state index contributed by atoms with van der Waals surface area (Å²) in [6.07, 6.45) is 2.88. The van der Waals surface area contributed by atoms with Crippen molar-refractivity contribution in [1.29, 1.82) is 0 Å². The van der Waals surface area contributed by atoms with Crippen LogP contribution in [-0.4, -0.2) is 21.3 Å². The third-order valence-corrected chi connectivity index (χ3v) is 4.69. The van der Waals surface area contributed by atoms with Gasteiger partial charge in [0.05, 0.1) is 5.02 Å². The summed E-state index contributed by atoms with van der Waals surface area (Å²) in [7, 11) is 0. The number of nitrogens with zero attached hydrogens (tertiary/aromatic N) is 2. The third-order valence-electron chi connectivity index (χ3n) is 3.21. The Morgan fingerprint density at radius 2 is 2.30 bits per heavy atom. The number of H-pyrrole nitrogens is 1.